The van der Waals surface area contributed by atoms with E-state index in [-0.39, 0.29) is 24.2 Å². The van der Waals surface area contributed by atoms with Crippen LogP contribution in [-0.2, 0) is 16.0 Å². The van der Waals surface area contributed by atoms with Crippen LogP contribution in [0.5, 0.6) is 11.5 Å². The SMILES string of the molecule is COc1ccc(OC)c(CC(=O)Nc2cccc(NC(=O)C(C)C)c2)c1. The molecular weight excluding hydrogens is 332 g/mol. The van der Waals surface area contributed by atoms with Crippen molar-refractivity contribution in [1.82, 2.24) is 0 Å². The van der Waals surface area contributed by atoms with Gasteiger partial charge >= 0.3 is 0 Å². The van der Waals surface area contributed by atoms with Crippen LogP contribution in [0, 0.1) is 5.92 Å². The Balaban J connectivity index is 2.07. The van der Waals surface area contributed by atoms with Crippen molar-refractivity contribution in [3.05, 3.63) is 48.0 Å². The molecule has 0 aliphatic heterocycles. The van der Waals surface area contributed by atoms with Gasteiger partial charge in [0, 0.05) is 22.9 Å². The van der Waals surface area contributed by atoms with Gasteiger partial charge < -0.3 is 20.1 Å². The Morgan fingerprint density at radius 3 is 2.27 bits per heavy atom. The fourth-order valence-corrected chi connectivity index (χ4v) is 2.36. The second-order valence-corrected chi connectivity index (χ2v) is 6.13. The maximum Gasteiger partial charge on any atom is 0.228 e. The third-order valence-corrected chi connectivity index (χ3v) is 3.78. The third kappa shape index (κ3) is 5.24. The van der Waals surface area contributed by atoms with Gasteiger partial charge in [0.15, 0.2) is 0 Å². The number of nitrogens with one attached hydrogen (secondary N) is 2. The number of hydrogen-bond acceptors (Lipinski definition) is 4. The molecule has 6 nitrogen and oxygen atoms in total. The lowest BCUT2D eigenvalue weighted by Gasteiger charge is -2.12. The van der Waals surface area contributed by atoms with E-state index in [2.05, 4.69) is 10.6 Å². The summed E-state index contributed by atoms with van der Waals surface area (Å²) in [6, 6.07) is 12.4. The number of ether oxygens (including phenoxy) is 2. The molecule has 2 aromatic rings. The van der Waals surface area contributed by atoms with E-state index in [0.29, 0.717) is 22.9 Å². The quantitative estimate of drug-likeness (QED) is 0.796. The summed E-state index contributed by atoms with van der Waals surface area (Å²) in [7, 11) is 3.13. The molecule has 6 heteroatoms. The van der Waals surface area contributed by atoms with E-state index in [1.54, 1.807) is 56.7 Å². The Hall–Kier alpha value is -3.02. The van der Waals surface area contributed by atoms with Crippen LogP contribution in [0.1, 0.15) is 19.4 Å². The minimum Gasteiger partial charge on any atom is -0.497 e. The second kappa shape index (κ2) is 8.89. The number of carbonyl (C=O) groups is 2. The van der Waals surface area contributed by atoms with E-state index in [4.69, 9.17) is 9.47 Å². The number of anilines is 2. The summed E-state index contributed by atoms with van der Waals surface area (Å²) < 4.78 is 10.5. The molecule has 0 bridgehead atoms. The number of carbonyl (C=O) groups excluding carboxylic acids is 2. The standard InChI is InChI=1S/C20H24N2O4/c1-13(2)20(24)22-16-7-5-6-15(12-16)21-19(23)11-14-10-17(25-3)8-9-18(14)26-4/h5-10,12-13H,11H2,1-4H3,(H,21,23)(H,22,24). The first kappa shape index (κ1) is 19.3. The summed E-state index contributed by atoms with van der Waals surface area (Å²) >= 11 is 0. The lowest BCUT2D eigenvalue weighted by atomic mass is 10.1. The van der Waals surface area contributed by atoms with Crippen molar-refractivity contribution in [3.8, 4) is 11.5 Å². The molecule has 26 heavy (non-hydrogen) atoms. The summed E-state index contributed by atoms with van der Waals surface area (Å²) in [5.74, 6) is 0.901. The maximum atomic E-state index is 12.4. The molecule has 0 radical (unpaired) electrons. The van der Waals surface area contributed by atoms with E-state index in [1.165, 1.54) is 0 Å². The monoisotopic (exact) mass is 356 g/mol. The Labute approximate surface area is 153 Å². The van der Waals surface area contributed by atoms with E-state index >= 15 is 0 Å². The van der Waals surface area contributed by atoms with Crippen molar-refractivity contribution in [2.75, 3.05) is 24.9 Å². The van der Waals surface area contributed by atoms with Gasteiger partial charge in [-0.05, 0) is 36.4 Å². The Morgan fingerprint density at radius 2 is 1.65 bits per heavy atom. The van der Waals surface area contributed by atoms with Crippen LogP contribution < -0.4 is 20.1 Å². The van der Waals surface area contributed by atoms with E-state index < -0.39 is 0 Å². The average molecular weight is 356 g/mol. The summed E-state index contributed by atoms with van der Waals surface area (Å²) in [5, 5.41) is 5.65. The molecule has 2 N–H and O–H groups in total. The van der Waals surface area contributed by atoms with Gasteiger partial charge in [-0.25, -0.2) is 0 Å². The number of rotatable bonds is 7. The van der Waals surface area contributed by atoms with Crippen molar-refractivity contribution >= 4 is 23.2 Å². The van der Waals surface area contributed by atoms with Gasteiger partial charge in [0.1, 0.15) is 11.5 Å². The molecule has 0 saturated carbocycles. The summed E-state index contributed by atoms with van der Waals surface area (Å²) in [6.07, 6.45) is 0.142. The molecule has 0 spiro atoms. The second-order valence-electron chi connectivity index (χ2n) is 6.13. The van der Waals surface area contributed by atoms with Gasteiger partial charge in [0.05, 0.1) is 20.6 Å². The van der Waals surface area contributed by atoms with E-state index in [1.807, 2.05) is 13.8 Å². The highest BCUT2D eigenvalue weighted by atomic mass is 16.5. The van der Waals surface area contributed by atoms with Gasteiger partial charge in [0.25, 0.3) is 0 Å². The van der Waals surface area contributed by atoms with Crippen LogP contribution in [0.15, 0.2) is 42.5 Å². The molecular formula is C20H24N2O4. The molecule has 0 aliphatic carbocycles. The Kier molecular flexibility index (Phi) is 6.60. The molecule has 0 saturated heterocycles. The predicted molar refractivity (Wildman–Crippen MR) is 102 cm³/mol. The molecule has 0 fully saturated rings. The largest absolute Gasteiger partial charge is 0.497 e. The van der Waals surface area contributed by atoms with Gasteiger partial charge in [0.2, 0.25) is 11.8 Å². The van der Waals surface area contributed by atoms with E-state index in [9.17, 15) is 9.59 Å². The molecule has 2 aromatic carbocycles. The fourth-order valence-electron chi connectivity index (χ4n) is 2.36. The van der Waals surface area contributed by atoms with Crippen LogP contribution in [0.2, 0.25) is 0 Å². The fraction of sp³-hybridized carbons (Fsp3) is 0.300. The van der Waals surface area contributed by atoms with Gasteiger partial charge in [-0.15, -0.1) is 0 Å². The number of methoxy groups -OCH3 is 2. The Bertz CT molecular complexity index is 787. The molecule has 138 valence electrons. The minimum atomic E-state index is -0.191. The summed E-state index contributed by atoms with van der Waals surface area (Å²) in [4.78, 5) is 24.2. The van der Waals surface area contributed by atoms with Crippen molar-refractivity contribution in [3.63, 3.8) is 0 Å². The Morgan fingerprint density at radius 1 is 0.962 bits per heavy atom. The highest BCUT2D eigenvalue weighted by molar-refractivity contribution is 5.95. The van der Waals surface area contributed by atoms with Crippen molar-refractivity contribution in [1.29, 1.82) is 0 Å². The smallest absolute Gasteiger partial charge is 0.228 e. The normalized spacial score (nSPS) is 10.3. The first-order valence-electron chi connectivity index (χ1n) is 8.34. The topological polar surface area (TPSA) is 76.7 Å². The van der Waals surface area contributed by atoms with Crippen molar-refractivity contribution in [2.24, 2.45) is 5.92 Å². The summed E-state index contributed by atoms with van der Waals surface area (Å²) in [5.41, 5.74) is 1.98. The minimum absolute atomic E-state index is 0.0745. The molecule has 0 aliphatic rings. The van der Waals surface area contributed by atoms with Crippen LogP contribution >= 0.6 is 0 Å². The highest BCUT2D eigenvalue weighted by Gasteiger charge is 2.12. The third-order valence-electron chi connectivity index (χ3n) is 3.78. The maximum absolute atomic E-state index is 12.4. The van der Waals surface area contributed by atoms with Crippen LogP contribution in [0.3, 0.4) is 0 Å². The zero-order chi connectivity index (χ0) is 19.1. The first-order valence-corrected chi connectivity index (χ1v) is 8.34. The van der Waals surface area contributed by atoms with Crippen LogP contribution in [0.25, 0.3) is 0 Å². The lowest BCUT2D eigenvalue weighted by molar-refractivity contribution is -0.119. The zero-order valence-corrected chi connectivity index (χ0v) is 15.5. The summed E-state index contributed by atoms with van der Waals surface area (Å²) in [6.45, 7) is 3.64. The number of benzene rings is 2. The van der Waals surface area contributed by atoms with Gasteiger partial charge in [-0.2, -0.15) is 0 Å². The predicted octanol–water partition coefficient (Wildman–Crippen LogP) is 3.48. The molecule has 0 aromatic heterocycles. The average Bonchev–Trinajstić information content (AvgIpc) is 2.61. The molecule has 0 heterocycles. The van der Waals surface area contributed by atoms with Crippen molar-refractivity contribution in [2.45, 2.75) is 20.3 Å². The molecule has 2 rings (SSSR count). The van der Waals surface area contributed by atoms with Gasteiger partial charge in [-0.1, -0.05) is 19.9 Å². The van der Waals surface area contributed by atoms with Crippen LogP contribution in [-0.4, -0.2) is 26.0 Å². The van der Waals surface area contributed by atoms with Gasteiger partial charge in [-0.3, -0.25) is 9.59 Å². The van der Waals surface area contributed by atoms with E-state index in [0.717, 1.165) is 5.56 Å². The van der Waals surface area contributed by atoms with Crippen LogP contribution in [0.4, 0.5) is 11.4 Å². The number of hydrogen-bond donors (Lipinski definition) is 2. The lowest BCUT2D eigenvalue weighted by Crippen LogP contribution is -2.18. The van der Waals surface area contributed by atoms with Crippen molar-refractivity contribution < 1.29 is 19.1 Å². The number of amides is 2. The molecule has 0 unspecified atom stereocenters. The first-order chi connectivity index (χ1) is 12.4. The molecule has 0 atom stereocenters. The zero-order valence-electron chi connectivity index (χ0n) is 15.5. The molecule has 2 amide bonds. The highest BCUT2D eigenvalue weighted by Crippen LogP contribution is 2.25.